The normalized spacial score (nSPS) is 13.3. The van der Waals surface area contributed by atoms with Gasteiger partial charge in [-0.3, -0.25) is 0 Å². The SMILES string of the molecule is N#Cc1c(N=Cc2ccc(OCc3ccc(Br)cc3)cc2)sc2c1CCCC2. The second kappa shape index (κ2) is 8.72. The largest absolute Gasteiger partial charge is 0.489 e. The fourth-order valence-electron chi connectivity index (χ4n) is 3.29. The fraction of sp³-hybridized carbons (Fsp3) is 0.217. The van der Waals surface area contributed by atoms with E-state index in [9.17, 15) is 5.26 Å². The summed E-state index contributed by atoms with van der Waals surface area (Å²) in [6.07, 6.45) is 6.30. The number of hydrogen-bond donors (Lipinski definition) is 0. The summed E-state index contributed by atoms with van der Waals surface area (Å²) in [6, 6.07) is 18.3. The van der Waals surface area contributed by atoms with Crippen LogP contribution >= 0.6 is 27.3 Å². The van der Waals surface area contributed by atoms with E-state index in [-0.39, 0.29) is 0 Å². The third kappa shape index (κ3) is 4.35. The quantitative estimate of drug-likeness (QED) is 0.411. The maximum Gasteiger partial charge on any atom is 0.134 e. The van der Waals surface area contributed by atoms with Crippen molar-refractivity contribution in [2.45, 2.75) is 32.3 Å². The molecule has 0 bridgehead atoms. The summed E-state index contributed by atoms with van der Waals surface area (Å²) in [4.78, 5) is 5.95. The van der Waals surface area contributed by atoms with Crippen molar-refractivity contribution >= 4 is 38.5 Å². The molecule has 0 fully saturated rings. The van der Waals surface area contributed by atoms with Gasteiger partial charge in [0.2, 0.25) is 0 Å². The molecule has 1 aliphatic carbocycles. The Hall–Kier alpha value is -2.42. The first-order valence-electron chi connectivity index (χ1n) is 9.29. The van der Waals surface area contributed by atoms with Gasteiger partial charge >= 0.3 is 0 Å². The minimum atomic E-state index is 0.535. The van der Waals surface area contributed by atoms with E-state index < -0.39 is 0 Å². The number of fused-ring (bicyclic) bond motifs is 1. The summed E-state index contributed by atoms with van der Waals surface area (Å²) in [6.45, 7) is 0.535. The number of ether oxygens (including phenoxy) is 1. The Morgan fingerprint density at radius 1 is 1.07 bits per heavy atom. The smallest absolute Gasteiger partial charge is 0.134 e. The summed E-state index contributed by atoms with van der Waals surface area (Å²) in [5.41, 5.74) is 4.11. The lowest BCUT2D eigenvalue weighted by Crippen LogP contribution is -1.99. The maximum atomic E-state index is 9.53. The van der Waals surface area contributed by atoms with Crippen LogP contribution in [0.1, 0.15) is 40.0 Å². The van der Waals surface area contributed by atoms with Gasteiger partial charge < -0.3 is 4.74 Å². The van der Waals surface area contributed by atoms with Crippen molar-refractivity contribution in [3.8, 4) is 11.8 Å². The molecule has 140 valence electrons. The minimum Gasteiger partial charge on any atom is -0.489 e. The Kier molecular flexibility index (Phi) is 5.90. The molecule has 3 nitrogen and oxygen atoms in total. The molecule has 4 rings (SSSR count). The highest BCUT2D eigenvalue weighted by atomic mass is 79.9. The van der Waals surface area contributed by atoms with Crippen LogP contribution in [-0.4, -0.2) is 6.21 Å². The number of hydrogen-bond acceptors (Lipinski definition) is 4. The molecule has 0 saturated carbocycles. The van der Waals surface area contributed by atoms with Crippen molar-refractivity contribution in [3.63, 3.8) is 0 Å². The average Bonchev–Trinajstić information content (AvgIpc) is 3.10. The molecule has 0 spiro atoms. The van der Waals surface area contributed by atoms with E-state index in [0.29, 0.717) is 6.61 Å². The lowest BCUT2D eigenvalue weighted by molar-refractivity contribution is 0.306. The van der Waals surface area contributed by atoms with Crippen molar-refractivity contribution in [1.82, 2.24) is 0 Å². The molecule has 0 N–H and O–H groups in total. The lowest BCUT2D eigenvalue weighted by atomic mass is 9.96. The molecule has 28 heavy (non-hydrogen) atoms. The highest BCUT2D eigenvalue weighted by Crippen LogP contribution is 2.39. The van der Waals surface area contributed by atoms with Crippen LogP contribution in [0.3, 0.4) is 0 Å². The molecule has 2 aromatic carbocycles. The first-order valence-corrected chi connectivity index (χ1v) is 10.9. The molecule has 0 atom stereocenters. The van der Waals surface area contributed by atoms with Crippen molar-refractivity contribution in [2.75, 3.05) is 0 Å². The molecule has 1 aromatic heterocycles. The highest BCUT2D eigenvalue weighted by Gasteiger charge is 2.20. The van der Waals surface area contributed by atoms with E-state index in [1.165, 1.54) is 23.3 Å². The number of rotatable bonds is 5. The van der Waals surface area contributed by atoms with Crippen molar-refractivity contribution in [2.24, 2.45) is 4.99 Å². The summed E-state index contributed by atoms with van der Waals surface area (Å²) in [7, 11) is 0. The summed E-state index contributed by atoms with van der Waals surface area (Å²) < 4.78 is 6.90. The number of nitrogens with zero attached hydrogens (tertiary/aromatic N) is 2. The molecule has 3 aromatic rings. The molecule has 5 heteroatoms. The van der Waals surface area contributed by atoms with Gasteiger partial charge in [-0.2, -0.15) is 5.26 Å². The first-order chi connectivity index (χ1) is 13.7. The molecular weight excluding hydrogens is 432 g/mol. The second-order valence-corrected chi connectivity index (χ2v) is 8.74. The summed E-state index contributed by atoms with van der Waals surface area (Å²) in [5, 5.41) is 10.4. The van der Waals surface area contributed by atoms with Gasteiger partial charge in [0.25, 0.3) is 0 Å². The molecule has 0 aliphatic heterocycles. The number of aryl methyl sites for hydroxylation is 1. The molecule has 1 aliphatic rings. The van der Waals surface area contributed by atoms with Crippen LogP contribution in [0.25, 0.3) is 0 Å². The van der Waals surface area contributed by atoms with Gasteiger partial charge in [0, 0.05) is 15.6 Å². The zero-order chi connectivity index (χ0) is 19.3. The van der Waals surface area contributed by atoms with E-state index >= 15 is 0 Å². The van der Waals surface area contributed by atoms with Crippen molar-refractivity contribution in [1.29, 1.82) is 5.26 Å². The number of nitriles is 1. The van der Waals surface area contributed by atoms with Crippen LogP contribution < -0.4 is 4.74 Å². The minimum absolute atomic E-state index is 0.535. The third-order valence-electron chi connectivity index (χ3n) is 4.79. The van der Waals surface area contributed by atoms with Gasteiger partial charge in [-0.1, -0.05) is 28.1 Å². The zero-order valence-electron chi connectivity index (χ0n) is 15.3. The predicted octanol–water partition coefficient (Wildman–Crippen LogP) is 6.59. The number of benzene rings is 2. The van der Waals surface area contributed by atoms with Gasteiger partial charge in [0.1, 0.15) is 23.4 Å². The zero-order valence-corrected chi connectivity index (χ0v) is 17.7. The Morgan fingerprint density at radius 2 is 1.82 bits per heavy atom. The molecule has 0 amide bonds. The number of aliphatic imine (C=N–C) groups is 1. The van der Waals surface area contributed by atoms with Gasteiger partial charge in [0.05, 0.1) is 5.56 Å². The van der Waals surface area contributed by atoms with E-state index in [1.807, 2.05) is 54.7 Å². The van der Waals surface area contributed by atoms with Gasteiger partial charge in [0.15, 0.2) is 0 Å². The second-order valence-electron chi connectivity index (χ2n) is 6.75. The van der Waals surface area contributed by atoms with Gasteiger partial charge in [-0.15, -0.1) is 11.3 Å². The maximum absolute atomic E-state index is 9.53. The summed E-state index contributed by atoms with van der Waals surface area (Å²) in [5.74, 6) is 0.823. The van der Waals surface area contributed by atoms with Crippen LogP contribution in [0.4, 0.5) is 5.00 Å². The van der Waals surface area contributed by atoms with Crippen molar-refractivity contribution in [3.05, 3.63) is 80.1 Å². The number of halogens is 1. The van der Waals surface area contributed by atoms with Gasteiger partial charge in [-0.25, -0.2) is 4.99 Å². The highest BCUT2D eigenvalue weighted by molar-refractivity contribution is 9.10. The molecule has 0 unspecified atom stereocenters. The molecule has 0 radical (unpaired) electrons. The molecule has 0 saturated heterocycles. The lowest BCUT2D eigenvalue weighted by Gasteiger charge is -2.09. The fourth-order valence-corrected chi connectivity index (χ4v) is 4.74. The molecule has 1 heterocycles. The Morgan fingerprint density at radius 3 is 2.57 bits per heavy atom. The summed E-state index contributed by atoms with van der Waals surface area (Å²) >= 11 is 5.10. The van der Waals surface area contributed by atoms with E-state index in [2.05, 4.69) is 27.0 Å². The van der Waals surface area contributed by atoms with Crippen LogP contribution in [-0.2, 0) is 19.4 Å². The molecular formula is C23H19BrN2OS. The van der Waals surface area contributed by atoms with Crippen LogP contribution in [0, 0.1) is 11.3 Å². The van der Waals surface area contributed by atoms with Gasteiger partial charge in [-0.05, 0) is 78.8 Å². The Balaban J connectivity index is 1.42. The van der Waals surface area contributed by atoms with E-state index in [4.69, 9.17) is 4.74 Å². The van der Waals surface area contributed by atoms with Crippen LogP contribution in [0.15, 0.2) is 58.0 Å². The monoisotopic (exact) mass is 450 g/mol. The van der Waals surface area contributed by atoms with Crippen LogP contribution in [0.5, 0.6) is 5.75 Å². The third-order valence-corrected chi connectivity index (χ3v) is 6.52. The standard InChI is InChI=1S/C23H19BrN2OS/c24-18-9-5-17(6-10-18)15-27-19-11-7-16(8-12-19)14-26-23-21(13-25)20-3-1-2-4-22(20)28-23/h5-12,14H,1-4,15H2. The number of thiophene rings is 1. The van der Waals surface area contributed by atoms with E-state index in [1.54, 1.807) is 11.3 Å². The Bertz CT molecular complexity index is 1030. The van der Waals surface area contributed by atoms with Crippen LogP contribution in [0.2, 0.25) is 0 Å². The van der Waals surface area contributed by atoms with Crippen molar-refractivity contribution < 1.29 is 4.74 Å². The average molecular weight is 451 g/mol. The predicted molar refractivity (Wildman–Crippen MR) is 118 cm³/mol. The van der Waals surface area contributed by atoms with E-state index in [0.717, 1.165) is 44.8 Å². The topological polar surface area (TPSA) is 45.4 Å². The Labute approximate surface area is 177 Å². The first kappa shape index (κ1) is 18.9.